The number of alkyl halides is 3. The Morgan fingerprint density at radius 2 is 2.00 bits per heavy atom. The highest BCUT2D eigenvalue weighted by Crippen LogP contribution is 2.33. The van der Waals surface area contributed by atoms with Crippen molar-refractivity contribution in [1.29, 1.82) is 0 Å². The normalized spacial score (nSPS) is 13.5. The zero-order valence-electron chi connectivity index (χ0n) is 9.80. The fourth-order valence-electron chi connectivity index (χ4n) is 1.42. The van der Waals surface area contributed by atoms with E-state index in [1.165, 1.54) is 13.0 Å². The van der Waals surface area contributed by atoms with Crippen LogP contribution in [0.2, 0.25) is 0 Å². The first-order valence-corrected chi connectivity index (χ1v) is 5.44. The number of aryl methyl sites for hydroxylation is 1. The molecular formula is C12H16F3NO. The van der Waals surface area contributed by atoms with Gasteiger partial charge in [-0.15, -0.1) is 0 Å². The van der Waals surface area contributed by atoms with E-state index < -0.39 is 17.8 Å². The van der Waals surface area contributed by atoms with Crippen LogP contribution in [-0.2, 0) is 6.18 Å². The van der Waals surface area contributed by atoms with Gasteiger partial charge in [-0.05, 0) is 31.0 Å². The number of aliphatic hydroxyl groups excluding tert-OH is 1. The summed E-state index contributed by atoms with van der Waals surface area (Å²) in [4.78, 5) is 0. The highest BCUT2D eigenvalue weighted by Gasteiger charge is 2.32. The zero-order valence-corrected chi connectivity index (χ0v) is 9.80. The molecule has 1 rings (SSSR count). The second-order valence-electron chi connectivity index (χ2n) is 3.97. The molecule has 1 aromatic carbocycles. The predicted octanol–water partition coefficient (Wildman–Crippen LogP) is 3.20. The molecule has 0 aliphatic rings. The van der Waals surface area contributed by atoms with Crippen LogP contribution < -0.4 is 5.32 Å². The number of hydrogen-bond donors (Lipinski definition) is 2. The molecule has 1 aromatic rings. The van der Waals surface area contributed by atoms with E-state index in [4.69, 9.17) is 0 Å². The molecule has 1 unspecified atom stereocenters. The van der Waals surface area contributed by atoms with Gasteiger partial charge in [0.2, 0.25) is 0 Å². The second kappa shape index (κ2) is 5.40. The Hall–Kier alpha value is -1.23. The summed E-state index contributed by atoms with van der Waals surface area (Å²) in [5, 5.41) is 12.1. The van der Waals surface area contributed by atoms with E-state index in [0.717, 1.165) is 6.07 Å². The van der Waals surface area contributed by atoms with Gasteiger partial charge in [0.15, 0.2) is 0 Å². The molecule has 5 heteroatoms. The molecule has 96 valence electrons. The molecule has 0 saturated heterocycles. The molecule has 2 N–H and O–H groups in total. The van der Waals surface area contributed by atoms with Crippen molar-refractivity contribution in [2.45, 2.75) is 32.5 Å². The Bertz CT molecular complexity index is 377. The van der Waals surface area contributed by atoms with Crippen molar-refractivity contribution < 1.29 is 18.3 Å². The van der Waals surface area contributed by atoms with Crippen LogP contribution in [0.1, 0.15) is 24.5 Å². The second-order valence-corrected chi connectivity index (χ2v) is 3.97. The van der Waals surface area contributed by atoms with Crippen LogP contribution in [0.3, 0.4) is 0 Å². The van der Waals surface area contributed by atoms with Gasteiger partial charge in [0.05, 0.1) is 11.7 Å². The Kier molecular flexibility index (Phi) is 4.40. The van der Waals surface area contributed by atoms with E-state index in [-0.39, 0.29) is 12.1 Å². The number of rotatable bonds is 4. The molecule has 17 heavy (non-hydrogen) atoms. The predicted molar refractivity (Wildman–Crippen MR) is 61.0 cm³/mol. The molecule has 0 heterocycles. The van der Waals surface area contributed by atoms with Crippen LogP contribution in [0.15, 0.2) is 18.2 Å². The maximum absolute atomic E-state index is 12.6. The summed E-state index contributed by atoms with van der Waals surface area (Å²) in [5.74, 6) is 0. The topological polar surface area (TPSA) is 32.3 Å². The zero-order chi connectivity index (χ0) is 13.1. The van der Waals surface area contributed by atoms with E-state index in [1.807, 2.05) is 6.92 Å². The fourth-order valence-corrected chi connectivity index (χ4v) is 1.42. The van der Waals surface area contributed by atoms with Gasteiger partial charge in [-0.1, -0.05) is 13.0 Å². The smallest absolute Gasteiger partial charge is 0.391 e. The summed E-state index contributed by atoms with van der Waals surface area (Å²) in [6.45, 7) is 3.48. The third kappa shape index (κ3) is 3.93. The average molecular weight is 247 g/mol. The maximum atomic E-state index is 12.6. The van der Waals surface area contributed by atoms with E-state index in [2.05, 4.69) is 5.32 Å². The maximum Gasteiger partial charge on any atom is 0.416 e. The first kappa shape index (κ1) is 13.8. The fraction of sp³-hybridized carbons (Fsp3) is 0.500. The molecule has 0 aliphatic heterocycles. The number of benzene rings is 1. The molecule has 0 bridgehead atoms. The minimum atomic E-state index is -4.34. The van der Waals surface area contributed by atoms with Crippen LogP contribution in [0.4, 0.5) is 18.9 Å². The highest BCUT2D eigenvalue weighted by molar-refractivity contribution is 5.49. The van der Waals surface area contributed by atoms with E-state index >= 15 is 0 Å². The van der Waals surface area contributed by atoms with Crippen molar-refractivity contribution >= 4 is 5.69 Å². The monoisotopic (exact) mass is 247 g/mol. The largest absolute Gasteiger partial charge is 0.416 e. The summed E-state index contributed by atoms with van der Waals surface area (Å²) < 4.78 is 37.8. The molecule has 0 spiro atoms. The Morgan fingerprint density at radius 3 is 2.53 bits per heavy atom. The quantitative estimate of drug-likeness (QED) is 0.856. The summed E-state index contributed by atoms with van der Waals surface area (Å²) in [7, 11) is 0. The van der Waals surface area contributed by atoms with Crippen molar-refractivity contribution in [2.24, 2.45) is 0 Å². The van der Waals surface area contributed by atoms with Crippen LogP contribution in [0.5, 0.6) is 0 Å². The number of anilines is 1. The first-order valence-electron chi connectivity index (χ1n) is 5.44. The molecule has 0 amide bonds. The van der Waals surface area contributed by atoms with Crippen LogP contribution >= 0.6 is 0 Å². The molecule has 0 aromatic heterocycles. The van der Waals surface area contributed by atoms with E-state index in [0.29, 0.717) is 12.1 Å². The van der Waals surface area contributed by atoms with Gasteiger partial charge in [-0.3, -0.25) is 0 Å². The average Bonchev–Trinajstić information content (AvgIpc) is 2.26. The van der Waals surface area contributed by atoms with E-state index in [1.54, 1.807) is 6.07 Å². The van der Waals surface area contributed by atoms with Crippen molar-refractivity contribution in [3.8, 4) is 0 Å². The van der Waals surface area contributed by atoms with Crippen LogP contribution in [0, 0.1) is 6.92 Å². The van der Waals surface area contributed by atoms with Gasteiger partial charge >= 0.3 is 6.18 Å². The molecular weight excluding hydrogens is 231 g/mol. The van der Waals surface area contributed by atoms with Crippen molar-refractivity contribution in [3.63, 3.8) is 0 Å². The van der Waals surface area contributed by atoms with Crippen LogP contribution in [0.25, 0.3) is 0 Å². The standard InChI is InChI=1S/C12H16F3NO/c1-3-10(17)7-16-9-5-4-8(2)11(6-9)12(13,14)15/h4-6,10,16-17H,3,7H2,1-2H3. The molecule has 2 nitrogen and oxygen atoms in total. The third-order valence-corrected chi connectivity index (χ3v) is 2.56. The SMILES string of the molecule is CCC(O)CNc1ccc(C)c(C(F)(F)F)c1. The minimum absolute atomic E-state index is 0.194. The van der Waals surface area contributed by atoms with Crippen molar-refractivity contribution in [3.05, 3.63) is 29.3 Å². The Balaban J connectivity index is 2.82. The lowest BCUT2D eigenvalue weighted by Crippen LogP contribution is -2.18. The van der Waals surface area contributed by atoms with Gasteiger partial charge in [0.25, 0.3) is 0 Å². The lowest BCUT2D eigenvalue weighted by molar-refractivity contribution is -0.138. The van der Waals surface area contributed by atoms with E-state index in [9.17, 15) is 18.3 Å². The van der Waals surface area contributed by atoms with Gasteiger partial charge in [0.1, 0.15) is 0 Å². The Labute approximate surface area is 98.5 Å². The van der Waals surface area contributed by atoms with Gasteiger partial charge < -0.3 is 10.4 Å². The summed E-state index contributed by atoms with van der Waals surface area (Å²) in [6.07, 6.45) is -4.33. The molecule has 0 fully saturated rings. The molecule has 0 saturated carbocycles. The highest BCUT2D eigenvalue weighted by atomic mass is 19.4. The number of aliphatic hydroxyl groups is 1. The Morgan fingerprint density at radius 1 is 1.35 bits per heavy atom. The summed E-state index contributed by atoms with van der Waals surface area (Å²) >= 11 is 0. The van der Waals surface area contributed by atoms with Gasteiger partial charge in [-0.2, -0.15) is 13.2 Å². The summed E-state index contributed by atoms with van der Waals surface area (Å²) in [5.41, 5.74) is -0.0806. The lowest BCUT2D eigenvalue weighted by atomic mass is 10.1. The lowest BCUT2D eigenvalue weighted by Gasteiger charge is -2.14. The van der Waals surface area contributed by atoms with Crippen molar-refractivity contribution in [2.75, 3.05) is 11.9 Å². The molecule has 0 aliphatic carbocycles. The number of halogens is 3. The van der Waals surface area contributed by atoms with Gasteiger partial charge in [0, 0.05) is 12.2 Å². The number of hydrogen-bond acceptors (Lipinski definition) is 2. The summed E-state index contributed by atoms with van der Waals surface area (Å²) in [6, 6.07) is 4.06. The molecule has 0 radical (unpaired) electrons. The van der Waals surface area contributed by atoms with Crippen molar-refractivity contribution in [1.82, 2.24) is 0 Å². The third-order valence-electron chi connectivity index (χ3n) is 2.56. The number of nitrogens with one attached hydrogen (secondary N) is 1. The van der Waals surface area contributed by atoms with Gasteiger partial charge in [-0.25, -0.2) is 0 Å². The molecule has 1 atom stereocenters. The minimum Gasteiger partial charge on any atom is -0.391 e. The van der Waals surface area contributed by atoms with Crippen LogP contribution in [-0.4, -0.2) is 17.8 Å². The first-order chi connectivity index (χ1) is 7.84.